The van der Waals surface area contributed by atoms with Gasteiger partial charge in [-0.3, -0.25) is 0 Å². The summed E-state index contributed by atoms with van der Waals surface area (Å²) in [6.45, 7) is 0. The van der Waals surface area contributed by atoms with E-state index in [1.807, 2.05) is 13.3 Å². The Morgan fingerprint density at radius 3 is 3.05 bits per heavy atom. The van der Waals surface area contributed by atoms with E-state index in [1.165, 1.54) is 28.4 Å². The van der Waals surface area contributed by atoms with Gasteiger partial charge in [0.25, 0.3) is 0 Å². The van der Waals surface area contributed by atoms with Crippen LogP contribution >= 0.6 is 22.6 Å². The lowest BCUT2D eigenvalue weighted by Gasteiger charge is -2.30. The van der Waals surface area contributed by atoms with Crippen molar-refractivity contribution in [3.05, 3.63) is 40.2 Å². The first-order chi connectivity index (χ1) is 9.78. The highest BCUT2D eigenvalue weighted by Gasteiger charge is 2.24. The van der Waals surface area contributed by atoms with E-state index in [2.05, 4.69) is 62.6 Å². The van der Waals surface area contributed by atoms with E-state index < -0.39 is 0 Å². The summed E-state index contributed by atoms with van der Waals surface area (Å²) in [4.78, 5) is 4.57. The molecule has 2 unspecified atom stereocenters. The second-order valence-electron chi connectivity index (χ2n) is 5.35. The average molecular weight is 382 g/mol. The second-order valence-corrected chi connectivity index (χ2v) is 6.59. The van der Waals surface area contributed by atoms with Gasteiger partial charge in [-0.1, -0.05) is 12.1 Å². The minimum atomic E-state index is 0.389. The van der Waals surface area contributed by atoms with E-state index in [0.717, 1.165) is 12.2 Å². The van der Waals surface area contributed by atoms with Gasteiger partial charge >= 0.3 is 0 Å². The summed E-state index contributed by atoms with van der Waals surface area (Å²) in [6, 6.07) is 9.03. The third-order valence-electron chi connectivity index (χ3n) is 4.08. The smallest absolute Gasteiger partial charge is 0.140 e. The zero-order valence-electron chi connectivity index (χ0n) is 11.6. The molecule has 0 bridgehead atoms. The maximum absolute atomic E-state index is 5.55. The van der Waals surface area contributed by atoms with E-state index in [-0.39, 0.29) is 0 Å². The van der Waals surface area contributed by atoms with Crippen molar-refractivity contribution in [3.63, 3.8) is 0 Å². The molecule has 0 amide bonds. The van der Waals surface area contributed by atoms with E-state index in [4.69, 9.17) is 4.74 Å². The van der Waals surface area contributed by atoms with Crippen molar-refractivity contribution in [2.75, 3.05) is 7.11 Å². The van der Waals surface area contributed by atoms with Crippen molar-refractivity contribution in [2.24, 2.45) is 0 Å². The molecule has 1 fully saturated rings. The van der Waals surface area contributed by atoms with Crippen molar-refractivity contribution in [1.29, 1.82) is 0 Å². The van der Waals surface area contributed by atoms with E-state index in [9.17, 15) is 0 Å². The van der Waals surface area contributed by atoms with Crippen molar-refractivity contribution < 1.29 is 4.74 Å². The first kappa shape index (κ1) is 14.1. The fraction of sp³-hybridized carbons (Fsp3) is 0.438. The van der Waals surface area contributed by atoms with Crippen LogP contribution in [-0.4, -0.2) is 22.8 Å². The van der Waals surface area contributed by atoms with Gasteiger partial charge in [0.1, 0.15) is 5.82 Å². The van der Waals surface area contributed by atoms with Crippen molar-refractivity contribution in [3.8, 4) is 11.4 Å². The first-order valence-electron chi connectivity index (χ1n) is 7.09. The molecule has 2 atom stereocenters. The van der Waals surface area contributed by atoms with Crippen LogP contribution in [0, 0.1) is 3.57 Å². The van der Waals surface area contributed by atoms with Crippen LogP contribution in [0.15, 0.2) is 36.7 Å². The molecule has 1 aliphatic carbocycles. The molecular weight excluding hydrogens is 363 g/mol. The number of nitrogens with zero attached hydrogens (tertiary/aromatic N) is 2. The molecule has 1 aromatic carbocycles. The summed E-state index contributed by atoms with van der Waals surface area (Å²) in [5.74, 6) is 1.07. The third-order valence-corrected chi connectivity index (χ3v) is 4.75. The zero-order chi connectivity index (χ0) is 13.9. The monoisotopic (exact) mass is 382 g/mol. The predicted octanol–water partition coefficient (Wildman–Crippen LogP) is 4.28. The van der Waals surface area contributed by atoms with Gasteiger partial charge in [0, 0.05) is 34.7 Å². The largest absolute Gasteiger partial charge is 0.381 e. The van der Waals surface area contributed by atoms with Crippen LogP contribution in [0.1, 0.15) is 31.7 Å². The Balaban J connectivity index is 1.90. The molecule has 0 spiro atoms. The number of hydrogen-bond donors (Lipinski definition) is 0. The van der Waals surface area contributed by atoms with E-state index in [1.54, 1.807) is 0 Å². The fourth-order valence-corrected chi connectivity index (χ4v) is 3.59. The molecule has 0 N–H and O–H groups in total. The SMILES string of the molecule is COC1CCCC(n2ccnc2-c2cccc(I)c2)C1. The van der Waals surface area contributed by atoms with Gasteiger partial charge in [-0.2, -0.15) is 0 Å². The summed E-state index contributed by atoms with van der Waals surface area (Å²) in [5, 5.41) is 0. The average Bonchev–Trinajstić information content (AvgIpc) is 2.97. The molecule has 1 saturated carbocycles. The standard InChI is InChI=1S/C16H19IN2O/c1-20-15-7-3-6-14(11-15)19-9-8-18-16(19)12-4-2-5-13(17)10-12/h2,4-5,8-10,14-15H,3,6-7,11H2,1H3. The van der Waals surface area contributed by atoms with Gasteiger partial charge in [0.15, 0.2) is 0 Å². The summed E-state index contributed by atoms with van der Waals surface area (Å²) in [6.07, 6.45) is 9.12. The molecule has 3 rings (SSSR count). The molecule has 0 radical (unpaired) electrons. The molecule has 4 heteroatoms. The topological polar surface area (TPSA) is 27.1 Å². The summed E-state index contributed by atoms with van der Waals surface area (Å²) in [7, 11) is 1.82. The lowest BCUT2D eigenvalue weighted by Crippen LogP contribution is -2.24. The Kier molecular flexibility index (Phi) is 4.41. The first-order valence-corrected chi connectivity index (χ1v) is 8.17. The molecule has 3 nitrogen and oxygen atoms in total. The molecule has 0 saturated heterocycles. The normalized spacial score (nSPS) is 22.9. The number of aromatic nitrogens is 2. The number of hydrogen-bond acceptors (Lipinski definition) is 2. The minimum absolute atomic E-state index is 0.389. The fourth-order valence-electron chi connectivity index (χ4n) is 3.05. The number of benzene rings is 1. The maximum Gasteiger partial charge on any atom is 0.140 e. The van der Waals surface area contributed by atoms with Crippen molar-refractivity contribution >= 4 is 22.6 Å². The van der Waals surface area contributed by atoms with Crippen LogP contribution in [0.2, 0.25) is 0 Å². The molecule has 1 heterocycles. The summed E-state index contributed by atoms with van der Waals surface area (Å²) >= 11 is 2.35. The molecule has 2 aromatic rings. The zero-order valence-corrected chi connectivity index (χ0v) is 13.8. The molecule has 1 aliphatic rings. The molecular formula is C16H19IN2O. The molecule has 1 aromatic heterocycles. The Labute approximate surface area is 133 Å². The Bertz CT molecular complexity index is 581. The lowest BCUT2D eigenvalue weighted by atomic mass is 9.92. The highest BCUT2D eigenvalue weighted by Crippen LogP contribution is 2.33. The Morgan fingerprint density at radius 1 is 1.35 bits per heavy atom. The third kappa shape index (κ3) is 2.91. The van der Waals surface area contributed by atoms with Crippen LogP contribution < -0.4 is 0 Å². The molecule has 20 heavy (non-hydrogen) atoms. The van der Waals surface area contributed by atoms with E-state index >= 15 is 0 Å². The molecule has 0 aliphatic heterocycles. The van der Waals surface area contributed by atoms with Crippen LogP contribution in [0.4, 0.5) is 0 Å². The van der Waals surface area contributed by atoms with Gasteiger partial charge in [0.05, 0.1) is 6.10 Å². The van der Waals surface area contributed by atoms with Crippen LogP contribution in [0.5, 0.6) is 0 Å². The highest BCUT2D eigenvalue weighted by molar-refractivity contribution is 14.1. The lowest BCUT2D eigenvalue weighted by molar-refractivity contribution is 0.0533. The Morgan fingerprint density at radius 2 is 2.25 bits per heavy atom. The molecule has 106 valence electrons. The van der Waals surface area contributed by atoms with Crippen LogP contribution in [0.3, 0.4) is 0 Å². The van der Waals surface area contributed by atoms with Crippen molar-refractivity contribution in [1.82, 2.24) is 9.55 Å². The summed E-state index contributed by atoms with van der Waals surface area (Å²) in [5.41, 5.74) is 1.20. The number of rotatable bonds is 3. The van der Waals surface area contributed by atoms with Gasteiger partial charge in [0.2, 0.25) is 0 Å². The quantitative estimate of drug-likeness (QED) is 0.741. The van der Waals surface area contributed by atoms with Gasteiger partial charge in [-0.25, -0.2) is 4.98 Å². The highest BCUT2D eigenvalue weighted by atomic mass is 127. The number of imidazole rings is 1. The van der Waals surface area contributed by atoms with E-state index in [0.29, 0.717) is 12.1 Å². The van der Waals surface area contributed by atoms with Gasteiger partial charge < -0.3 is 9.30 Å². The minimum Gasteiger partial charge on any atom is -0.381 e. The predicted molar refractivity (Wildman–Crippen MR) is 88.7 cm³/mol. The number of methoxy groups -OCH3 is 1. The van der Waals surface area contributed by atoms with Crippen LogP contribution in [-0.2, 0) is 4.74 Å². The second kappa shape index (κ2) is 6.26. The van der Waals surface area contributed by atoms with Crippen LogP contribution in [0.25, 0.3) is 11.4 Å². The Hall–Kier alpha value is -0.880. The van der Waals surface area contributed by atoms with Crippen molar-refractivity contribution in [2.45, 2.75) is 37.8 Å². The number of halogens is 1. The summed E-state index contributed by atoms with van der Waals surface area (Å²) < 4.78 is 9.12. The van der Waals surface area contributed by atoms with Gasteiger partial charge in [-0.15, -0.1) is 0 Å². The van der Waals surface area contributed by atoms with Gasteiger partial charge in [-0.05, 0) is 60.4 Å². The maximum atomic E-state index is 5.55. The number of ether oxygens (including phenoxy) is 1.